The van der Waals surface area contributed by atoms with Crippen LogP contribution in [0.1, 0.15) is 44.0 Å². The predicted octanol–water partition coefficient (Wildman–Crippen LogP) is 1.37. The summed E-state index contributed by atoms with van der Waals surface area (Å²) in [5.74, 6) is 1.21. The van der Waals surface area contributed by atoms with Gasteiger partial charge in [-0.3, -0.25) is 9.59 Å². The van der Waals surface area contributed by atoms with Crippen LogP contribution in [0.15, 0.2) is 12.4 Å². The molecule has 2 saturated heterocycles. The number of aromatic nitrogens is 2. The second kappa shape index (κ2) is 5.65. The van der Waals surface area contributed by atoms with Gasteiger partial charge in [-0.1, -0.05) is 0 Å². The highest BCUT2D eigenvalue weighted by atomic mass is 16.2. The van der Waals surface area contributed by atoms with Crippen LogP contribution in [0.5, 0.6) is 0 Å². The smallest absolute Gasteiger partial charge is 0.228 e. The summed E-state index contributed by atoms with van der Waals surface area (Å²) in [6.07, 6.45) is 8.54. The van der Waals surface area contributed by atoms with Gasteiger partial charge in [0, 0.05) is 44.5 Å². The topological polar surface area (TPSA) is 58.4 Å². The molecule has 1 aromatic rings. The van der Waals surface area contributed by atoms with Crippen LogP contribution < -0.4 is 0 Å². The first-order valence-electron chi connectivity index (χ1n) is 8.71. The van der Waals surface area contributed by atoms with Crippen molar-refractivity contribution in [2.45, 2.75) is 51.1 Å². The largest absolute Gasteiger partial charge is 0.340 e. The molecule has 0 spiro atoms. The molecule has 2 aliphatic heterocycles. The Hall–Kier alpha value is -1.85. The number of carbonyl (C=O) groups excluding carboxylic acids is 2. The Labute approximate surface area is 136 Å². The Bertz CT molecular complexity index is 622. The minimum Gasteiger partial charge on any atom is -0.340 e. The maximum absolute atomic E-state index is 12.9. The van der Waals surface area contributed by atoms with Gasteiger partial charge in [-0.15, -0.1) is 0 Å². The van der Waals surface area contributed by atoms with E-state index in [4.69, 9.17) is 0 Å². The third-order valence-electron chi connectivity index (χ3n) is 5.46. The zero-order valence-electron chi connectivity index (χ0n) is 13.6. The SMILES string of the molecule is Cc1nccn1C1CCCN(C(=O)C2CC(=O)N(C3CC3)C2)C1. The van der Waals surface area contributed by atoms with Gasteiger partial charge in [0.2, 0.25) is 11.8 Å². The molecule has 124 valence electrons. The van der Waals surface area contributed by atoms with E-state index < -0.39 is 0 Å². The molecule has 3 heterocycles. The van der Waals surface area contributed by atoms with E-state index in [1.807, 2.05) is 29.1 Å². The Morgan fingerprint density at radius 2 is 2.04 bits per heavy atom. The molecule has 6 nitrogen and oxygen atoms in total. The van der Waals surface area contributed by atoms with Gasteiger partial charge in [0.1, 0.15) is 5.82 Å². The van der Waals surface area contributed by atoms with Gasteiger partial charge in [0.25, 0.3) is 0 Å². The van der Waals surface area contributed by atoms with E-state index in [2.05, 4.69) is 9.55 Å². The number of carbonyl (C=O) groups is 2. The van der Waals surface area contributed by atoms with E-state index >= 15 is 0 Å². The van der Waals surface area contributed by atoms with E-state index in [1.54, 1.807) is 0 Å². The van der Waals surface area contributed by atoms with Crippen LogP contribution in [0, 0.1) is 12.8 Å². The first-order chi connectivity index (χ1) is 11.1. The number of imidazole rings is 1. The Kier molecular flexibility index (Phi) is 3.62. The molecular formula is C17H24N4O2. The normalized spacial score (nSPS) is 28.5. The fourth-order valence-corrected chi connectivity index (χ4v) is 4.05. The maximum Gasteiger partial charge on any atom is 0.228 e. The predicted molar refractivity (Wildman–Crippen MR) is 84.7 cm³/mol. The summed E-state index contributed by atoms with van der Waals surface area (Å²) < 4.78 is 2.18. The van der Waals surface area contributed by atoms with E-state index in [-0.39, 0.29) is 17.7 Å². The molecule has 1 aromatic heterocycles. The Balaban J connectivity index is 1.42. The van der Waals surface area contributed by atoms with Crippen LogP contribution >= 0.6 is 0 Å². The third kappa shape index (κ3) is 2.75. The number of rotatable bonds is 3. The molecule has 3 aliphatic rings. The quantitative estimate of drug-likeness (QED) is 0.846. The highest BCUT2D eigenvalue weighted by molar-refractivity contribution is 5.89. The van der Waals surface area contributed by atoms with Gasteiger partial charge in [-0.2, -0.15) is 0 Å². The molecule has 2 unspecified atom stereocenters. The molecule has 0 radical (unpaired) electrons. The van der Waals surface area contributed by atoms with Crippen molar-refractivity contribution in [2.75, 3.05) is 19.6 Å². The van der Waals surface area contributed by atoms with Gasteiger partial charge < -0.3 is 14.4 Å². The van der Waals surface area contributed by atoms with Crippen molar-refractivity contribution >= 4 is 11.8 Å². The second-order valence-electron chi connectivity index (χ2n) is 7.14. The van der Waals surface area contributed by atoms with Crippen LogP contribution in [0.25, 0.3) is 0 Å². The van der Waals surface area contributed by atoms with Crippen molar-refractivity contribution in [3.05, 3.63) is 18.2 Å². The molecular weight excluding hydrogens is 292 g/mol. The number of piperidine rings is 1. The molecule has 0 N–H and O–H groups in total. The fraction of sp³-hybridized carbons (Fsp3) is 0.706. The van der Waals surface area contributed by atoms with Crippen molar-refractivity contribution in [2.24, 2.45) is 5.92 Å². The average Bonchev–Trinajstić information content (AvgIpc) is 3.19. The number of amides is 2. The zero-order valence-corrected chi connectivity index (χ0v) is 13.6. The van der Waals surface area contributed by atoms with E-state index in [0.717, 1.165) is 44.6 Å². The second-order valence-corrected chi connectivity index (χ2v) is 7.14. The van der Waals surface area contributed by atoms with Crippen molar-refractivity contribution in [1.82, 2.24) is 19.4 Å². The lowest BCUT2D eigenvalue weighted by atomic mass is 10.0. The van der Waals surface area contributed by atoms with Crippen molar-refractivity contribution in [3.8, 4) is 0 Å². The van der Waals surface area contributed by atoms with Gasteiger partial charge in [0.05, 0.1) is 12.0 Å². The number of nitrogens with zero attached hydrogens (tertiary/aromatic N) is 4. The minimum atomic E-state index is -0.134. The molecule has 0 bridgehead atoms. The van der Waals surface area contributed by atoms with Gasteiger partial charge in [-0.05, 0) is 32.6 Å². The number of likely N-dealkylation sites (tertiary alicyclic amines) is 2. The lowest BCUT2D eigenvalue weighted by Gasteiger charge is -2.35. The summed E-state index contributed by atoms with van der Waals surface area (Å²) in [5.41, 5.74) is 0. The van der Waals surface area contributed by atoms with Crippen LogP contribution in [0.3, 0.4) is 0 Å². The third-order valence-corrected chi connectivity index (χ3v) is 5.46. The highest BCUT2D eigenvalue weighted by Crippen LogP contribution is 2.34. The Morgan fingerprint density at radius 3 is 2.74 bits per heavy atom. The molecule has 0 aromatic carbocycles. The van der Waals surface area contributed by atoms with Crippen LogP contribution in [0.4, 0.5) is 0 Å². The van der Waals surface area contributed by atoms with Crippen molar-refractivity contribution in [3.63, 3.8) is 0 Å². The van der Waals surface area contributed by atoms with E-state index in [0.29, 0.717) is 25.0 Å². The monoisotopic (exact) mass is 316 g/mol. The minimum absolute atomic E-state index is 0.134. The molecule has 2 atom stereocenters. The standard InChI is InChI=1S/C17H24N4O2/c1-12-18-6-8-20(12)15-3-2-7-19(11-15)17(23)13-9-16(22)21(10-13)14-4-5-14/h6,8,13-15H,2-5,7,9-11H2,1H3. The van der Waals surface area contributed by atoms with Crippen LogP contribution in [-0.2, 0) is 9.59 Å². The van der Waals surface area contributed by atoms with Crippen molar-refractivity contribution in [1.29, 1.82) is 0 Å². The van der Waals surface area contributed by atoms with Gasteiger partial charge in [-0.25, -0.2) is 4.98 Å². The summed E-state index contributed by atoms with van der Waals surface area (Å²) in [6.45, 7) is 4.19. The number of hydrogen-bond acceptors (Lipinski definition) is 3. The lowest BCUT2D eigenvalue weighted by molar-refractivity contribution is -0.137. The molecule has 2 amide bonds. The van der Waals surface area contributed by atoms with Gasteiger partial charge >= 0.3 is 0 Å². The molecule has 4 rings (SSSR count). The summed E-state index contributed by atoms with van der Waals surface area (Å²) >= 11 is 0. The summed E-state index contributed by atoms with van der Waals surface area (Å²) in [5, 5.41) is 0. The molecule has 23 heavy (non-hydrogen) atoms. The Morgan fingerprint density at radius 1 is 1.22 bits per heavy atom. The lowest BCUT2D eigenvalue weighted by Crippen LogP contribution is -2.44. The molecule has 3 fully saturated rings. The van der Waals surface area contributed by atoms with Gasteiger partial charge in [0.15, 0.2) is 0 Å². The summed E-state index contributed by atoms with van der Waals surface area (Å²) in [7, 11) is 0. The first kappa shape index (κ1) is 14.7. The van der Waals surface area contributed by atoms with Crippen LogP contribution in [0.2, 0.25) is 0 Å². The fourth-order valence-electron chi connectivity index (χ4n) is 4.05. The molecule has 6 heteroatoms. The number of aryl methyl sites for hydroxylation is 1. The van der Waals surface area contributed by atoms with Crippen LogP contribution in [-0.4, -0.2) is 56.8 Å². The van der Waals surface area contributed by atoms with Crippen molar-refractivity contribution < 1.29 is 9.59 Å². The first-order valence-corrected chi connectivity index (χ1v) is 8.71. The van der Waals surface area contributed by atoms with E-state index in [1.165, 1.54) is 0 Å². The average molecular weight is 316 g/mol. The molecule has 1 saturated carbocycles. The number of hydrogen-bond donors (Lipinski definition) is 0. The molecule has 1 aliphatic carbocycles. The summed E-state index contributed by atoms with van der Waals surface area (Å²) in [4.78, 5) is 33.2. The van der Waals surface area contributed by atoms with E-state index in [9.17, 15) is 9.59 Å². The zero-order chi connectivity index (χ0) is 16.0. The highest BCUT2D eigenvalue weighted by Gasteiger charge is 2.43. The maximum atomic E-state index is 12.9. The summed E-state index contributed by atoms with van der Waals surface area (Å²) in [6, 6.07) is 0.731.